The summed E-state index contributed by atoms with van der Waals surface area (Å²) in [7, 11) is 0. The quantitative estimate of drug-likeness (QED) is 0.457. The van der Waals surface area contributed by atoms with Gasteiger partial charge in [-0.2, -0.15) is 0 Å². The van der Waals surface area contributed by atoms with Crippen molar-refractivity contribution in [1.29, 1.82) is 0 Å². The summed E-state index contributed by atoms with van der Waals surface area (Å²) in [5, 5.41) is 11.3. The molecule has 4 N–H and O–H groups in total. The molecule has 236 valence electrons. The maximum Gasteiger partial charge on any atom is 0.410 e. The molecule has 43 heavy (non-hydrogen) atoms. The Morgan fingerprint density at radius 2 is 1.19 bits per heavy atom. The van der Waals surface area contributed by atoms with Crippen LogP contribution in [-0.2, 0) is 9.47 Å². The third-order valence-electron chi connectivity index (χ3n) is 6.11. The zero-order valence-corrected chi connectivity index (χ0v) is 26.0. The average molecular weight is 599 g/mol. The molecule has 2 aliphatic rings. The lowest BCUT2D eigenvalue weighted by atomic mass is 10.2. The summed E-state index contributed by atoms with van der Waals surface area (Å²) in [4.78, 5) is 49.0. The van der Waals surface area contributed by atoms with Crippen molar-refractivity contribution in [3.63, 3.8) is 0 Å². The second-order valence-electron chi connectivity index (χ2n) is 12.4. The first-order chi connectivity index (χ1) is 20.0. The first kappa shape index (κ1) is 35.1. The van der Waals surface area contributed by atoms with Gasteiger partial charge in [-0.1, -0.05) is 36.4 Å². The van der Waals surface area contributed by atoms with Gasteiger partial charge in [0.15, 0.2) is 0 Å². The molecule has 0 bridgehead atoms. The fraction of sp³-hybridized carbons (Fsp3) is 0.500. The number of aromatic carboxylic acids is 1. The van der Waals surface area contributed by atoms with Crippen molar-refractivity contribution < 1.29 is 33.8 Å². The Bertz CT molecular complexity index is 1190. The Kier molecular flexibility index (Phi) is 13.0. The second-order valence-corrected chi connectivity index (χ2v) is 12.4. The number of carboxylic acids is 1. The van der Waals surface area contributed by atoms with Crippen LogP contribution < -0.4 is 11.1 Å². The predicted molar refractivity (Wildman–Crippen MR) is 164 cm³/mol. The number of nitrogens with zero attached hydrogens (tertiary/aromatic N) is 2. The topological polar surface area (TPSA) is 152 Å². The van der Waals surface area contributed by atoms with Gasteiger partial charge >= 0.3 is 18.2 Å². The summed E-state index contributed by atoms with van der Waals surface area (Å²) in [5.41, 5.74) is 5.73. The zero-order valence-electron chi connectivity index (χ0n) is 26.0. The largest absolute Gasteiger partial charge is 0.478 e. The van der Waals surface area contributed by atoms with Crippen LogP contribution >= 0.6 is 0 Å². The third-order valence-corrected chi connectivity index (χ3v) is 6.11. The lowest BCUT2D eigenvalue weighted by Gasteiger charge is -2.24. The van der Waals surface area contributed by atoms with Crippen molar-refractivity contribution in [2.45, 2.75) is 77.7 Å². The summed E-state index contributed by atoms with van der Waals surface area (Å²) < 4.78 is 10.5. The SMILES string of the molecule is CC(C)(C)OC(=O)N1CC[C@@H](N)C1.CC(C)(C)OC(=O)N1CC[C@@H](NC(=O)c2ccccc2)C1.O=C(O)c1ccccc1. The first-order valence-corrected chi connectivity index (χ1v) is 14.4. The van der Waals surface area contributed by atoms with Gasteiger partial charge in [-0.15, -0.1) is 0 Å². The highest BCUT2D eigenvalue weighted by Gasteiger charge is 2.31. The van der Waals surface area contributed by atoms with Crippen molar-refractivity contribution in [2.24, 2.45) is 5.73 Å². The molecule has 0 unspecified atom stereocenters. The number of ether oxygens (including phenoxy) is 2. The summed E-state index contributed by atoms with van der Waals surface area (Å²) in [5.74, 6) is -0.984. The van der Waals surface area contributed by atoms with Gasteiger partial charge < -0.3 is 35.4 Å². The van der Waals surface area contributed by atoms with E-state index in [2.05, 4.69) is 5.32 Å². The molecule has 0 saturated carbocycles. The number of likely N-dealkylation sites (tertiary alicyclic amines) is 2. The van der Waals surface area contributed by atoms with E-state index in [0.717, 1.165) is 19.4 Å². The van der Waals surface area contributed by atoms with Crippen molar-refractivity contribution in [3.8, 4) is 0 Å². The predicted octanol–water partition coefficient (Wildman–Crippen LogP) is 4.77. The van der Waals surface area contributed by atoms with Gasteiger partial charge in [-0.25, -0.2) is 14.4 Å². The fourth-order valence-corrected chi connectivity index (χ4v) is 4.09. The minimum atomic E-state index is -0.879. The van der Waals surface area contributed by atoms with E-state index in [4.69, 9.17) is 20.3 Å². The highest BCUT2D eigenvalue weighted by Crippen LogP contribution is 2.16. The number of rotatable bonds is 3. The Balaban J connectivity index is 0.000000249. The molecule has 2 aromatic carbocycles. The van der Waals surface area contributed by atoms with Gasteiger partial charge in [0.2, 0.25) is 0 Å². The number of benzene rings is 2. The van der Waals surface area contributed by atoms with Crippen LogP contribution in [0.1, 0.15) is 75.1 Å². The van der Waals surface area contributed by atoms with Crippen LogP contribution in [0.2, 0.25) is 0 Å². The molecular formula is C32H46N4O7. The molecule has 2 saturated heterocycles. The number of nitrogens with one attached hydrogen (secondary N) is 1. The molecular weight excluding hydrogens is 552 g/mol. The van der Waals surface area contributed by atoms with E-state index >= 15 is 0 Å². The van der Waals surface area contributed by atoms with Gasteiger partial charge in [0.05, 0.1) is 5.56 Å². The van der Waals surface area contributed by atoms with Crippen molar-refractivity contribution in [3.05, 3.63) is 71.8 Å². The van der Waals surface area contributed by atoms with Crippen LogP contribution in [0.15, 0.2) is 60.7 Å². The third kappa shape index (κ3) is 13.6. The molecule has 0 aromatic heterocycles. The van der Waals surface area contributed by atoms with Gasteiger partial charge in [-0.05, 0) is 78.6 Å². The summed E-state index contributed by atoms with van der Waals surface area (Å²) in [6, 6.07) is 17.5. The molecule has 2 fully saturated rings. The Morgan fingerprint density at radius 1 is 0.744 bits per heavy atom. The maximum absolute atomic E-state index is 12.1. The first-order valence-electron chi connectivity index (χ1n) is 14.4. The highest BCUT2D eigenvalue weighted by atomic mass is 16.6. The smallest absolute Gasteiger partial charge is 0.410 e. The zero-order chi connectivity index (χ0) is 32.2. The van der Waals surface area contributed by atoms with Crippen LogP contribution in [0.3, 0.4) is 0 Å². The lowest BCUT2D eigenvalue weighted by molar-refractivity contribution is 0.0281. The standard InChI is InChI=1S/C16H22N2O3.C9H18N2O2.C7H6O2/c1-16(2,3)21-15(20)18-10-9-13(11-18)17-14(19)12-7-5-4-6-8-12;1-9(2,3)13-8(12)11-5-4-7(10)6-11;8-7(9)6-4-2-1-3-5-6/h4-8,13H,9-11H2,1-3H3,(H,17,19);7H,4-6,10H2,1-3H3;1-5H,(H,8,9)/t13-;7-;/m11./s1. The highest BCUT2D eigenvalue weighted by molar-refractivity contribution is 5.94. The number of amides is 3. The Labute approximate surface area is 254 Å². The molecule has 2 aromatic rings. The summed E-state index contributed by atoms with van der Waals surface area (Å²) in [6.45, 7) is 13.6. The van der Waals surface area contributed by atoms with Crippen LogP contribution in [0, 0.1) is 0 Å². The number of hydrogen-bond acceptors (Lipinski definition) is 7. The monoisotopic (exact) mass is 598 g/mol. The molecule has 0 spiro atoms. The lowest BCUT2D eigenvalue weighted by Crippen LogP contribution is -2.40. The molecule has 0 radical (unpaired) electrons. The van der Waals surface area contributed by atoms with Crippen LogP contribution in [0.4, 0.5) is 9.59 Å². The van der Waals surface area contributed by atoms with E-state index in [1.165, 1.54) is 0 Å². The molecule has 3 amide bonds. The van der Waals surface area contributed by atoms with Crippen molar-refractivity contribution >= 4 is 24.1 Å². The van der Waals surface area contributed by atoms with Crippen LogP contribution in [0.5, 0.6) is 0 Å². The molecule has 2 aliphatic heterocycles. The molecule has 11 nitrogen and oxygen atoms in total. The van der Waals surface area contributed by atoms with Gasteiger partial charge in [0, 0.05) is 43.8 Å². The Morgan fingerprint density at radius 3 is 1.58 bits per heavy atom. The van der Waals surface area contributed by atoms with Gasteiger partial charge in [0.1, 0.15) is 11.2 Å². The Hall–Kier alpha value is -4.12. The number of carboxylic acid groups (broad SMARTS) is 1. The van der Waals surface area contributed by atoms with Gasteiger partial charge in [-0.3, -0.25) is 4.79 Å². The second kappa shape index (κ2) is 15.9. The summed E-state index contributed by atoms with van der Waals surface area (Å²) in [6.07, 6.45) is 1.05. The number of hydrogen-bond donors (Lipinski definition) is 3. The number of carbonyl (C=O) groups is 4. The van der Waals surface area contributed by atoms with Crippen LogP contribution in [-0.4, -0.2) is 88.4 Å². The molecule has 4 rings (SSSR count). The minimum absolute atomic E-state index is 0.0229. The van der Waals surface area contributed by atoms with E-state index in [1.807, 2.05) is 59.7 Å². The number of carbonyl (C=O) groups excluding carboxylic acids is 3. The molecule has 0 aliphatic carbocycles. The average Bonchev–Trinajstić information content (AvgIpc) is 3.58. The molecule has 2 heterocycles. The van der Waals surface area contributed by atoms with E-state index in [1.54, 1.807) is 52.3 Å². The number of nitrogens with two attached hydrogens (primary N) is 1. The van der Waals surface area contributed by atoms with Crippen LogP contribution in [0.25, 0.3) is 0 Å². The summed E-state index contributed by atoms with van der Waals surface area (Å²) >= 11 is 0. The minimum Gasteiger partial charge on any atom is -0.478 e. The van der Waals surface area contributed by atoms with E-state index in [0.29, 0.717) is 30.8 Å². The van der Waals surface area contributed by atoms with E-state index in [9.17, 15) is 19.2 Å². The molecule has 11 heteroatoms. The normalized spacial score (nSPS) is 17.9. The van der Waals surface area contributed by atoms with Crippen molar-refractivity contribution in [1.82, 2.24) is 15.1 Å². The maximum atomic E-state index is 12.1. The molecule has 2 atom stereocenters. The van der Waals surface area contributed by atoms with E-state index in [-0.39, 0.29) is 30.2 Å². The fourth-order valence-electron chi connectivity index (χ4n) is 4.09. The van der Waals surface area contributed by atoms with Crippen molar-refractivity contribution in [2.75, 3.05) is 26.2 Å². The van der Waals surface area contributed by atoms with E-state index < -0.39 is 17.2 Å². The van der Waals surface area contributed by atoms with Gasteiger partial charge in [0.25, 0.3) is 5.91 Å².